The van der Waals surface area contributed by atoms with Crippen LogP contribution in [0, 0.1) is 0 Å². The topological polar surface area (TPSA) is 92.4 Å². The fourth-order valence-corrected chi connectivity index (χ4v) is 2.21. The first-order chi connectivity index (χ1) is 9.95. The summed E-state index contributed by atoms with van der Waals surface area (Å²) >= 11 is 0. The zero-order valence-corrected chi connectivity index (χ0v) is 12.6. The lowest BCUT2D eigenvalue weighted by molar-refractivity contribution is -0.148. The van der Waals surface area contributed by atoms with E-state index in [0.29, 0.717) is 25.7 Å². The minimum atomic E-state index is -1.22. The van der Waals surface area contributed by atoms with Crippen molar-refractivity contribution in [2.75, 3.05) is 0 Å². The summed E-state index contributed by atoms with van der Waals surface area (Å²) in [4.78, 5) is 23.5. The number of benzene rings is 1. The molecule has 0 spiro atoms. The zero-order valence-electron chi connectivity index (χ0n) is 12.6. The van der Waals surface area contributed by atoms with E-state index in [0.717, 1.165) is 5.56 Å². The summed E-state index contributed by atoms with van der Waals surface area (Å²) in [5.74, 6) is -1.42. The van der Waals surface area contributed by atoms with Crippen molar-refractivity contribution in [3.8, 4) is 0 Å². The van der Waals surface area contributed by atoms with Gasteiger partial charge in [-0.1, -0.05) is 44.2 Å². The Balaban J connectivity index is 2.59. The number of nitrogens with one attached hydrogen (secondary N) is 1. The lowest BCUT2D eigenvalue weighted by Crippen LogP contribution is -2.57. The molecule has 1 rings (SSSR count). The van der Waals surface area contributed by atoms with Crippen LogP contribution < -0.4 is 11.1 Å². The van der Waals surface area contributed by atoms with E-state index in [9.17, 15) is 14.7 Å². The lowest BCUT2D eigenvalue weighted by Gasteiger charge is -2.29. The smallest absolute Gasteiger partial charge is 0.329 e. The number of carbonyl (C=O) groups excluding carboxylic acids is 1. The number of nitrogens with two attached hydrogens (primary N) is 1. The van der Waals surface area contributed by atoms with Gasteiger partial charge in [-0.05, 0) is 31.2 Å². The number of carbonyl (C=O) groups is 2. The summed E-state index contributed by atoms with van der Waals surface area (Å²) in [7, 11) is 0. The van der Waals surface area contributed by atoms with Crippen LogP contribution in [0.25, 0.3) is 0 Å². The van der Waals surface area contributed by atoms with E-state index in [1.54, 1.807) is 13.8 Å². The number of hydrogen-bond donors (Lipinski definition) is 3. The molecule has 1 aromatic carbocycles. The predicted molar refractivity (Wildman–Crippen MR) is 81.8 cm³/mol. The predicted octanol–water partition coefficient (Wildman–Crippen LogP) is 1.71. The Labute approximate surface area is 125 Å². The van der Waals surface area contributed by atoms with Crippen molar-refractivity contribution in [3.63, 3.8) is 0 Å². The van der Waals surface area contributed by atoms with Crippen molar-refractivity contribution in [2.45, 2.75) is 51.1 Å². The normalized spacial score (nSPS) is 12.7. The standard InChI is InChI=1S/C16H24N2O3/c1-3-16(4-2,15(20)21)18-14(19)13(17)11-10-12-8-6-5-7-9-12/h5-9,13H,3-4,10-11,17H2,1-2H3,(H,18,19)(H,20,21). The molecule has 1 unspecified atom stereocenters. The molecule has 0 aromatic heterocycles. The highest BCUT2D eigenvalue weighted by Gasteiger charge is 2.37. The molecule has 0 radical (unpaired) electrons. The average Bonchev–Trinajstić information content (AvgIpc) is 2.50. The van der Waals surface area contributed by atoms with Gasteiger partial charge >= 0.3 is 5.97 Å². The second-order valence-electron chi connectivity index (χ2n) is 5.21. The summed E-state index contributed by atoms with van der Waals surface area (Å²) in [6, 6.07) is 9.05. The summed E-state index contributed by atoms with van der Waals surface area (Å²) < 4.78 is 0. The van der Waals surface area contributed by atoms with Crippen molar-refractivity contribution in [3.05, 3.63) is 35.9 Å². The third-order valence-corrected chi connectivity index (χ3v) is 3.90. The maximum Gasteiger partial charge on any atom is 0.329 e. The van der Waals surface area contributed by atoms with Crippen LogP contribution in [0.15, 0.2) is 30.3 Å². The molecule has 0 heterocycles. The molecular formula is C16H24N2O3. The van der Waals surface area contributed by atoms with E-state index in [4.69, 9.17) is 5.73 Å². The molecule has 0 saturated heterocycles. The minimum Gasteiger partial charge on any atom is -0.480 e. The van der Waals surface area contributed by atoms with Crippen LogP contribution >= 0.6 is 0 Å². The Morgan fingerprint density at radius 3 is 2.29 bits per heavy atom. The average molecular weight is 292 g/mol. The number of hydrogen-bond acceptors (Lipinski definition) is 3. The Hall–Kier alpha value is -1.88. The third kappa shape index (κ3) is 4.56. The van der Waals surface area contributed by atoms with Crippen LogP contribution in [-0.4, -0.2) is 28.6 Å². The van der Waals surface area contributed by atoms with Gasteiger partial charge in [0.05, 0.1) is 6.04 Å². The molecule has 0 saturated carbocycles. The van der Waals surface area contributed by atoms with Gasteiger partial charge < -0.3 is 16.2 Å². The molecule has 1 aromatic rings. The second-order valence-corrected chi connectivity index (χ2v) is 5.21. The fraction of sp³-hybridized carbons (Fsp3) is 0.500. The van der Waals surface area contributed by atoms with Crippen LogP contribution in [-0.2, 0) is 16.0 Å². The number of carboxylic acids is 1. The van der Waals surface area contributed by atoms with Gasteiger partial charge in [-0.2, -0.15) is 0 Å². The number of aryl methyl sites for hydroxylation is 1. The minimum absolute atomic E-state index is 0.329. The number of carboxylic acid groups (broad SMARTS) is 1. The molecular weight excluding hydrogens is 268 g/mol. The van der Waals surface area contributed by atoms with Gasteiger partial charge in [0, 0.05) is 0 Å². The van der Waals surface area contributed by atoms with Crippen molar-refractivity contribution in [1.29, 1.82) is 0 Å². The second kappa shape index (κ2) is 7.78. The highest BCUT2D eigenvalue weighted by atomic mass is 16.4. The number of rotatable bonds is 8. The van der Waals surface area contributed by atoms with Crippen LogP contribution in [0.4, 0.5) is 0 Å². The van der Waals surface area contributed by atoms with Gasteiger partial charge in [0.1, 0.15) is 5.54 Å². The van der Waals surface area contributed by atoms with Gasteiger partial charge in [-0.25, -0.2) is 4.79 Å². The molecule has 21 heavy (non-hydrogen) atoms. The first-order valence-corrected chi connectivity index (χ1v) is 7.30. The van der Waals surface area contributed by atoms with Crippen LogP contribution in [0.3, 0.4) is 0 Å². The molecule has 1 amide bonds. The Kier molecular flexibility index (Phi) is 6.37. The Morgan fingerprint density at radius 1 is 1.24 bits per heavy atom. The number of amides is 1. The maximum atomic E-state index is 12.1. The lowest BCUT2D eigenvalue weighted by atomic mass is 9.92. The largest absolute Gasteiger partial charge is 0.480 e. The van der Waals surface area contributed by atoms with E-state index < -0.39 is 23.5 Å². The highest BCUT2D eigenvalue weighted by Crippen LogP contribution is 2.16. The SMILES string of the molecule is CCC(CC)(NC(=O)C(N)CCc1ccccc1)C(=O)O. The summed E-state index contributed by atoms with van der Waals surface area (Å²) in [5, 5.41) is 11.9. The van der Waals surface area contributed by atoms with E-state index in [-0.39, 0.29) is 0 Å². The van der Waals surface area contributed by atoms with Crippen LogP contribution in [0.5, 0.6) is 0 Å². The molecule has 5 nitrogen and oxygen atoms in total. The molecule has 0 aliphatic heterocycles. The van der Waals surface area contributed by atoms with Gasteiger partial charge in [0.15, 0.2) is 0 Å². The molecule has 0 aliphatic carbocycles. The molecule has 5 heteroatoms. The van der Waals surface area contributed by atoms with Crippen molar-refractivity contribution >= 4 is 11.9 Å². The van der Waals surface area contributed by atoms with E-state index in [1.165, 1.54) is 0 Å². The summed E-state index contributed by atoms with van der Waals surface area (Å²) in [6.45, 7) is 3.49. The van der Waals surface area contributed by atoms with Crippen LogP contribution in [0.1, 0.15) is 38.7 Å². The van der Waals surface area contributed by atoms with Crippen molar-refractivity contribution in [1.82, 2.24) is 5.32 Å². The highest BCUT2D eigenvalue weighted by molar-refractivity contribution is 5.89. The molecule has 0 fully saturated rings. The first-order valence-electron chi connectivity index (χ1n) is 7.30. The molecule has 116 valence electrons. The maximum absolute atomic E-state index is 12.1. The third-order valence-electron chi connectivity index (χ3n) is 3.90. The van der Waals surface area contributed by atoms with Gasteiger partial charge in [0.25, 0.3) is 0 Å². The summed E-state index contributed by atoms with van der Waals surface area (Å²) in [6.07, 6.45) is 1.83. The molecule has 1 atom stereocenters. The van der Waals surface area contributed by atoms with Crippen molar-refractivity contribution < 1.29 is 14.7 Å². The van der Waals surface area contributed by atoms with E-state index in [2.05, 4.69) is 5.32 Å². The van der Waals surface area contributed by atoms with Crippen LogP contribution in [0.2, 0.25) is 0 Å². The first kappa shape index (κ1) is 17.2. The van der Waals surface area contributed by atoms with Gasteiger partial charge in [-0.3, -0.25) is 4.79 Å². The monoisotopic (exact) mass is 292 g/mol. The van der Waals surface area contributed by atoms with Crippen molar-refractivity contribution in [2.24, 2.45) is 5.73 Å². The van der Waals surface area contributed by atoms with Gasteiger partial charge in [0.2, 0.25) is 5.91 Å². The summed E-state index contributed by atoms with van der Waals surface area (Å²) in [5.41, 5.74) is 5.76. The number of aliphatic carboxylic acids is 1. The van der Waals surface area contributed by atoms with E-state index >= 15 is 0 Å². The fourth-order valence-electron chi connectivity index (χ4n) is 2.21. The quantitative estimate of drug-likeness (QED) is 0.680. The van der Waals surface area contributed by atoms with E-state index in [1.807, 2.05) is 30.3 Å². The Morgan fingerprint density at radius 2 is 1.81 bits per heavy atom. The molecule has 0 bridgehead atoms. The zero-order chi connectivity index (χ0) is 15.9. The van der Waals surface area contributed by atoms with Gasteiger partial charge in [-0.15, -0.1) is 0 Å². The molecule has 4 N–H and O–H groups in total. The molecule has 0 aliphatic rings. The Bertz CT molecular complexity index is 470.